The van der Waals surface area contributed by atoms with Crippen molar-refractivity contribution in [2.24, 2.45) is 11.8 Å². The van der Waals surface area contributed by atoms with Gasteiger partial charge in [-0.05, 0) is 50.1 Å². The Labute approximate surface area is 230 Å². The Morgan fingerprint density at radius 1 is 1.08 bits per heavy atom. The minimum absolute atomic E-state index is 0.0126. The van der Waals surface area contributed by atoms with E-state index in [0.29, 0.717) is 29.2 Å². The minimum atomic E-state index is -0.417. The van der Waals surface area contributed by atoms with E-state index in [9.17, 15) is 19.5 Å². The lowest BCUT2D eigenvalue weighted by atomic mass is 9.88. The molecule has 1 heterocycles. The highest BCUT2D eigenvalue weighted by molar-refractivity contribution is 6.00. The van der Waals surface area contributed by atoms with Crippen molar-refractivity contribution < 1.29 is 24.2 Å². The molecule has 1 aliphatic carbocycles. The third-order valence-corrected chi connectivity index (χ3v) is 7.73. The van der Waals surface area contributed by atoms with Crippen LogP contribution in [0.1, 0.15) is 56.3 Å². The number of amides is 4. The molecule has 2 aromatic rings. The van der Waals surface area contributed by atoms with Crippen LogP contribution in [0.25, 0.3) is 0 Å². The molecule has 0 saturated heterocycles. The molecule has 4 rings (SSSR count). The lowest BCUT2D eigenvalue weighted by Crippen LogP contribution is -2.50. The van der Waals surface area contributed by atoms with Crippen molar-refractivity contribution in [2.45, 2.75) is 58.1 Å². The Morgan fingerprint density at radius 3 is 2.49 bits per heavy atom. The van der Waals surface area contributed by atoms with Gasteiger partial charge in [0.15, 0.2) is 0 Å². The van der Waals surface area contributed by atoms with E-state index >= 15 is 0 Å². The molecule has 2 aromatic carbocycles. The molecular weight excluding hydrogens is 496 g/mol. The van der Waals surface area contributed by atoms with Gasteiger partial charge in [-0.3, -0.25) is 9.59 Å². The van der Waals surface area contributed by atoms with Gasteiger partial charge in [0.1, 0.15) is 11.9 Å². The summed E-state index contributed by atoms with van der Waals surface area (Å²) in [5.74, 6) is -0.0396. The smallest absolute Gasteiger partial charge is 0.321 e. The Kier molecular flexibility index (Phi) is 9.45. The molecule has 4 amide bonds. The van der Waals surface area contributed by atoms with Gasteiger partial charge in [-0.2, -0.15) is 0 Å². The van der Waals surface area contributed by atoms with Gasteiger partial charge in [0.05, 0.1) is 24.8 Å². The Morgan fingerprint density at radius 2 is 1.79 bits per heavy atom. The Balaban J connectivity index is 1.56. The van der Waals surface area contributed by atoms with Crippen LogP contribution in [0.4, 0.5) is 16.2 Å². The van der Waals surface area contributed by atoms with Crippen LogP contribution in [-0.4, -0.2) is 71.6 Å². The van der Waals surface area contributed by atoms with E-state index < -0.39 is 12.1 Å². The summed E-state index contributed by atoms with van der Waals surface area (Å²) in [4.78, 5) is 42.6. The third kappa shape index (κ3) is 7.09. The first-order chi connectivity index (χ1) is 18.8. The Hall–Kier alpha value is -3.59. The number of anilines is 2. The minimum Gasteiger partial charge on any atom is -0.487 e. The van der Waals surface area contributed by atoms with Crippen molar-refractivity contribution in [2.75, 3.05) is 37.4 Å². The molecule has 3 N–H and O–H groups in total. The summed E-state index contributed by atoms with van der Waals surface area (Å²) < 4.78 is 6.38. The summed E-state index contributed by atoms with van der Waals surface area (Å²) in [6.45, 7) is 4.22. The van der Waals surface area contributed by atoms with Crippen molar-refractivity contribution in [3.8, 4) is 5.75 Å². The number of likely N-dealkylation sites (N-methyl/N-ethyl adjacent to an activating group) is 1. The molecular formula is C30H40N4O5. The monoisotopic (exact) mass is 536 g/mol. The maximum atomic E-state index is 13.7. The van der Waals surface area contributed by atoms with Crippen molar-refractivity contribution in [1.82, 2.24) is 9.80 Å². The highest BCUT2D eigenvalue weighted by Gasteiger charge is 2.34. The molecule has 2 aliphatic rings. The van der Waals surface area contributed by atoms with Crippen molar-refractivity contribution in [1.29, 1.82) is 0 Å². The molecule has 39 heavy (non-hydrogen) atoms. The zero-order valence-electron chi connectivity index (χ0n) is 23.1. The molecule has 0 spiro atoms. The molecule has 0 bridgehead atoms. The number of fused-ring (bicyclic) bond motifs is 1. The number of rotatable bonds is 7. The van der Waals surface area contributed by atoms with Gasteiger partial charge in [-0.15, -0.1) is 0 Å². The second-order valence-corrected chi connectivity index (χ2v) is 10.8. The number of hydrogen-bond donors (Lipinski definition) is 3. The van der Waals surface area contributed by atoms with E-state index in [1.54, 1.807) is 42.0 Å². The molecule has 0 aromatic heterocycles. The summed E-state index contributed by atoms with van der Waals surface area (Å²) in [5.41, 5.74) is 1.56. The number of nitrogens with zero attached hydrogens (tertiary/aromatic N) is 2. The van der Waals surface area contributed by atoms with Crippen LogP contribution in [0, 0.1) is 11.8 Å². The molecule has 210 valence electrons. The number of carbonyl (C=O) groups is 3. The van der Waals surface area contributed by atoms with E-state index in [0.717, 1.165) is 32.1 Å². The van der Waals surface area contributed by atoms with Crippen LogP contribution in [0.2, 0.25) is 0 Å². The standard InChI is InChI=1S/C30H40N4O5/c1-20-17-34(21(2)19-35)29(37)25-16-24(31-28(36)22-10-6-4-7-11-22)14-15-26(25)39-27(20)18-33(3)30(38)32-23-12-8-5-9-13-23/h5,8-9,12-16,20-22,27,35H,4,6-7,10-11,17-19H2,1-3H3,(H,31,36)(H,32,38)/t20-,21-,27-/m0/s1. The van der Waals surface area contributed by atoms with Crippen LogP contribution in [0.3, 0.4) is 0 Å². The van der Waals surface area contributed by atoms with Crippen LogP contribution in [-0.2, 0) is 4.79 Å². The number of carbonyl (C=O) groups excluding carboxylic acids is 3. The lowest BCUT2D eigenvalue weighted by Gasteiger charge is -2.38. The molecule has 0 radical (unpaired) electrons. The van der Waals surface area contributed by atoms with Gasteiger partial charge < -0.3 is 30.3 Å². The predicted molar refractivity (Wildman–Crippen MR) is 151 cm³/mol. The van der Waals surface area contributed by atoms with Gasteiger partial charge in [0.2, 0.25) is 5.91 Å². The molecule has 1 aliphatic heterocycles. The first kappa shape index (κ1) is 28.4. The normalized spacial score (nSPS) is 20.6. The van der Waals surface area contributed by atoms with Crippen molar-refractivity contribution >= 4 is 29.2 Å². The number of nitrogens with one attached hydrogen (secondary N) is 2. The first-order valence-electron chi connectivity index (χ1n) is 13.9. The fourth-order valence-corrected chi connectivity index (χ4v) is 5.22. The molecule has 1 saturated carbocycles. The van der Waals surface area contributed by atoms with Crippen LogP contribution >= 0.6 is 0 Å². The highest BCUT2D eigenvalue weighted by atomic mass is 16.5. The largest absolute Gasteiger partial charge is 0.487 e. The van der Waals surface area contributed by atoms with E-state index in [1.807, 2.05) is 37.3 Å². The number of benzene rings is 2. The maximum Gasteiger partial charge on any atom is 0.321 e. The fraction of sp³-hybridized carbons (Fsp3) is 0.500. The summed E-state index contributed by atoms with van der Waals surface area (Å²) in [6.07, 6.45) is 4.62. The molecule has 9 heteroatoms. The second-order valence-electron chi connectivity index (χ2n) is 10.8. The topological polar surface area (TPSA) is 111 Å². The number of urea groups is 1. The highest BCUT2D eigenvalue weighted by Crippen LogP contribution is 2.32. The average molecular weight is 537 g/mol. The van der Waals surface area contributed by atoms with E-state index in [2.05, 4.69) is 10.6 Å². The molecule has 9 nitrogen and oxygen atoms in total. The van der Waals surface area contributed by atoms with Gasteiger partial charge >= 0.3 is 6.03 Å². The van der Waals surface area contributed by atoms with Crippen molar-refractivity contribution in [3.63, 3.8) is 0 Å². The third-order valence-electron chi connectivity index (χ3n) is 7.73. The number of aliphatic hydroxyl groups excluding tert-OH is 1. The fourth-order valence-electron chi connectivity index (χ4n) is 5.22. The van der Waals surface area contributed by atoms with Gasteiger partial charge in [-0.25, -0.2) is 4.79 Å². The zero-order chi connectivity index (χ0) is 27.9. The average Bonchev–Trinajstić information content (AvgIpc) is 2.95. The summed E-state index contributed by atoms with van der Waals surface area (Å²) in [5, 5.41) is 15.8. The van der Waals surface area contributed by atoms with E-state index in [-0.39, 0.29) is 42.8 Å². The van der Waals surface area contributed by atoms with Crippen molar-refractivity contribution in [3.05, 3.63) is 54.1 Å². The second kappa shape index (κ2) is 13.0. The zero-order valence-corrected chi connectivity index (χ0v) is 23.1. The van der Waals surface area contributed by atoms with Crippen LogP contribution in [0.15, 0.2) is 48.5 Å². The van der Waals surface area contributed by atoms with Gasteiger partial charge in [0.25, 0.3) is 5.91 Å². The number of aliphatic hydroxyl groups is 1. The first-order valence-corrected chi connectivity index (χ1v) is 13.9. The summed E-state index contributed by atoms with van der Waals surface area (Å²) in [6, 6.07) is 13.7. The van der Waals surface area contributed by atoms with E-state index in [1.165, 1.54) is 0 Å². The summed E-state index contributed by atoms with van der Waals surface area (Å²) >= 11 is 0. The number of para-hydroxylation sites is 1. The Bertz CT molecular complexity index is 1150. The number of ether oxygens (including phenoxy) is 1. The van der Waals surface area contributed by atoms with E-state index in [4.69, 9.17) is 4.74 Å². The SMILES string of the molecule is C[C@H]1CN([C@@H](C)CO)C(=O)c2cc(NC(=O)C3CCCCC3)ccc2O[C@H]1CN(C)C(=O)Nc1ccccc1. The lowest BCUT2D eigenvalue weighted by molar-refractivity contribution is -0.120. The number of hydrogen-bond acceptors (Lipinski definition) is 5. The molecule has 1 fully saturated rings. The molecule has 0 unspecified atom stereocenters. The quantitative estimate of drug-likeness (QED) is 0.479. The molecule has 3 atom stereocenters. The van der Waals surface area contributed by atoms with Gasteiger partial charge in [-0.1, -0.05) is 44.4 Å². The van der Waals surface area contributed by atoms with Crippen LogP contribution in [0.5, 0.6) is 5.75 Å². The van der Waals surface area contributed by atoms with Crippen LogP contribution < -0.4 is 15.4 Å². The van der Waals surface area contributed by atoms with Gasteiger partial charge in [0, 0.05) is 36.8 Å². The predicted octanol–water partition coefficient (Wildman–Crippen LogP) is 4.59. The summed E-state index contributed by atoms with van der Waals surface area (Å²) in [7, 11) is 1.71. The maximum absolute atomic E-state index is 13.7.